The summed E-state index contributed by atoms with van der Waals surface area (Å²) in [7, 11) is 0. The molecule has 0 nitrogen and oxygen atoms in total. The Morgan fingerprint density at radius 3 is 2.40 bits per heavy atom. The standard InChI is InChI=1S/C17H22F2.Li.H/c1-2-3-4-5-13-6-8-14(9-7-13)15-10-16(18)12-17(19)11-15;;/h8,10-13H,2-7,9H2,1H3;;/q;+1;-1. The molecule has 0 saturated carbocycles. The average Bonchev–Trinajstić information content (AvgIpc) is 2.39. The first kappa shape index (κ1) is 17.5. The Bertz CT molecular complexity index is 440. The number of hydrogen-bond acceptors (Lipinski definition) is 0. The van der Waals surface area contributed by atoms with E-state index >= 15 is 0 Å². The van der Waals surface area contributed by atoms with Gasteiger partial charge in [0.05, 0.1) is 0 Å². The second-order valence-electron chi connectivity index (χ2n) is 5.52. The van der Waals surface area contributed by atoms with E-state index in [0.29, 0.717) is 5.56 Å². The van der Waals surface area contributed by atoms with E-state index in [4.69, 9.17) is 0 Å². The molecule has 1 aliphatic rings. The number of hydrogen-bond donors (Lipinski definition) is 0. The molecule has 1 aromatic carbocycles. The van der Waals surface area contributed by atoms with Crippen molar-refractivity contribution in [1.29, 1.82) is 0 Å². The minimum atomic E-state index is -0.485. The molecule has 0 spiro atoms. The molecule has 0 bridgehead atoms. The second-order valence-corrected chi connectivity index (χ2v) is 5.52. The first-order chi connectivity index (χ1) is 9.19. The topological polar surface area (TPSA) is 0 Å². The predicted octanol–water partition coefficient (Wildman–Crippen LogP) is 2.85. The van der Waals surface area contributed by atoms with Crippen LogP contribution in [0.2, 0.25) is 0 Å². The van der Waals surface area contributed by atoms with Crippen LogP contribution >= 0.6 is 0 Å². The molecule has 0 radical (unpaired) electrons. The van der Waals surface area contributed by atoms with E-state index in [1.807, 2.05) is 0 Å². The maximum atomic E-state index is 13.2. The van der Waals surface area contributed by atoms with Crippen molar-refractivity contribution in [2.45, 2.75) is 51.9 Å². The van der Waals surface area contributed by atoms with Crippen molar-refractivity contribution in [2.75, 3.05) is 0 Å². The zero-order valence-electron chi connectivity index (χ0n) is 13.6. The van der Waals surface area contributed by atoms with Gasteiger partial charge >= 0.3 is 18.9 Å². The van der Waals surface area contributed by atoms with Crippen LogP contribution in [0, 0.1) is 17.6 Å². The summed E-state index contributed by atoms with van der Waals surface area (Å²) in [5.74, 6) is -0.212. The monoisotopic (exact) mass is 272 g/mol. The molecule has 2 rings (SSSR count). The van der Waals surface area contributed by atoms with Gasteiger partial charge in [-0.1, -0.05) is 38.7 Å². The molecular formula is C17H23F2Li. The van der Waals surface area contributed by atoms with E-state index in [9.17, 15) is 8.78 Å². The summed E-state index contributed by atoms with van der Waals surface area (Å²) in [4.78, 5) is 0. The van der Waals surface area contributed by atoms with Gasteiger partial charge in [0, 0.05) is 6.07 Å². The van der Waals surface area contributed by atoms with Gasteiger partial charge in [-0.3, -0.25) is 0 Å². The summed E-state index contributed by atoms with van der Waals surface area (Å²) < 4.78 is 26.4. The third kappa shape index (κ3) is 5.07. The van der Waals surface area contributed by atoms with Crippen LogP contribution in [-0.2, 0) is 0 Å². The third-order valence-electron chi connectivity index (χ3n) is 3.97. The van der Waals surface area contributed by atoms with Crippen LogP contribution in [0.15, 0.2) is 24.3 Å². The molecule has 20 heavy (non-hydrogen) atoms. The van der Waals surface area contributed by atoms with E-state index in [2.05, 4.69) is 13.0 Å². The van der Waals surface area contributed by atoms with Gasteiger partial charge in [-0.05, 0) is 48.4 Å². The first-order valence-electron chi connectivity index (χ1n) is 7.34. The van der Waals surface area contributed by atoms with Crippen LogP contribution in [0.1, 0.15) is 58.9 Å². The molecule has 0 amide bonds. The number of halogens is 2. The van der Waals surface area contributed by atoms with E-state index in [1.165, 1.54) is 37.8 Å². The molecular weight excluding hydrogens is 249 g/mol. The Kier molecular flexibility index (Phi) is 7.55. The van der Waals surface area contributed by atoms with Crippen molar-refractivity contribution in [3.63, 3.8) is 0 Å². The van der Waals surface area contributed by atoms with Gasteiger partial charge in [-0.25, -0.2) is 8.78 Å². The van der Waals surface area contributed by atoms with E-state index in [0.717, 1.165) is 36.8 Å². The zero-order valence-corrected chi connectivity index (χ0v) is 12.6. The summed E-state index contributed by atoms with van der Waals surface area (Å²) in [5, 5.41) is 0. The second kappa shape index (κ2) is 8.65. The summed E-state index contributed by atoms with van der Waals surface area (Å²) in [5.41, 5.74) is 1.81. The van der Waals surface area contributed by atoms with Gasteiger partial charge in [0.2, 0.25) is 0 Å². The maximum absolute atomic E-state index is 13.2. The smallest absolute Gasteiger partial charge is 1.00 e. The summed E-state index contributed by atoms with van der Waals surface area (Å²) >= 11 is 0. The van der Waals surface area contributed by atoms with Crippen LogP contribution in [-0.4, -0.2) is 0 Å². The number of unbranched alkanes of at least 4 members (excludes halogenated alkanes) is 2. The fourth-order valence-electron chi connectivity index (χ4n) is 2.84. The van der Waals surface area contributed by atoms with Crippen molar-refractivity contribution < 1.29 is 29.1 Å². The zero-order chi connectivity index (χ0) is 13.7. The normalized spacial score (nSPS) is 18.4. The van der Waals surface area contributed by atoms with Crippen LogP contribution in [0.4, 0.5) is 8.78 Å². The van der Waals surface area contributed by atoms with Crippen LogP contribution in [0.5, 0.6) is 0 Å². The first-order valence-corrected chi connectivity index (χ1v) is 7.34. The Hall–Kier alpha value is -0.583. The molecule has 1 aliphatic carbocycles. The van der Waals surface area contributed by atoms with E-state index < -0.39 is 11.6 Å². The Morgan fingerprint density at radius 2 is 1.85 bits per heavy atom. The molecule has 0 aromatic heterocycles. The number of rotatable bonds is 5. The number of allylic oxidation sites excluding steroid dienone is 2. The molecule has 0 fully saturated rings. The molecule has 106 valence electrons. The largest absolute Gasteiger partial charge is 1.00 e. The average molecular weight is 272 g/mol. The third-order valence-corrected chi connectivity index (χ3v) is 3.97. The number of benzene rings is 1. The minimum absolute atomic E-state index is 0. The van der Waals surface area contributed by atoms with Gasteiger partial charge in [-0.2, -0.15) is 0 Å². The fraction of sp³-hybridized carbons (Fsp3) is 0.529. The van der Waals surface area contributed by atoms with Crippen LogP contribution in [0.3, 0.4) is 0 Å². The Balaban J connectivity index is 0.00000200. The minimum Gasteiger partial charge on any atom is -1.00 e. The van der Waals surface area contributed by atoms with Gasteiger partial charge in [0.15, 0.2) is 0 Å². The Labute approximate surface area is 134 Å². The van der Waals surface area contributed by atoms with Crippen molar-refractivity contribution in [2.24, 2.45) is 5.92 Å². The molecule has 1 atom stereocenters. The summed E-state index contributed by atoms with van der Waals surface area (Å²) in [6.07, 6.45) is 10.5. The quantitative estimate of drug-likeness (QED) is 0.571. The summed E-state index contributed by atoms with van der Waals surface area (Å²) in [6, 6.07) is 3.80. The van der Waals surface area contributed by atoms with Gasteiger partial charge in [0.25, 0.3) is 0 Å². The van der Waals surface area contributed by atoms with Gasteiger partial charge in [0.1, 0.15) is 11.6 Å². The van der Waals surface area contributed by atoms with Crippen LogP contribution < -0.4 is 18.9 Å². The van der Waals surface area contributed by atoms with Crippen LogP contribution in [0.25, 0.3) is 5.57 Å². The fourth-order valence-corrected chi connectivity index (χ4v) is 2.84. The van der Waals surface area contributed by atoms with Gasteiger partial charge in [-0.15, -0.1) is 0 Å². The molecule has 1 unspecified atom stereocenters. The van der Waals surface area contributed by atoms with Crippen molar-refractivity contribution in [3.8, 4) is 0 Å². The SMILES string of the molecule is CCCCCC1CC=C(c2cc(F)cc(F)c2)CC1.[H-].[Li+]. The van der Waals surface area contributed by atoms with E-state index in [1.54, 1.807) is 0 Å². The molecule has 0 N–H and O–H groups in total. The Morgan fingerprint density at radius 1 is 1.15 bits per heavy atom. The molecule has 0 saturated heterocycles. The summed E-state index contributed by atoms with van der Waals surface area (Å²) in [6.45, 7) is 2.22. The molecule has 3 heteroatoms. The maximum Gasteiger partial charge on any atom is 1.00 e. The van der Waals surface area contributed by atoms with Crippen molar-refractivity contribution in [3.05, 3.63) is 41.5 Å². The van der Waals surface area contributed by atoms with Crippen molar-refractivity contribution >= 4 is 5.57 Å². The van der Waals surface area contributed by atoms with E-state index in [-0.39, 0.29) is 20.3 Å². The molecule has 0 heterocycles. The van der Waals surface area contributed by atoms with Crippen molar-refractivity contribution in [1.82, 2.24) is 0 Å². The molecule has 0 aliphatic heterocycles. The van der Waals surface area contributed by atoms with Gasteiger partial charge < -0.3 is 1.43 Å². The molecule has 1 aromatic rings. The predicted molar refractivity (Wildman–Crippen MR) is 76.9 cm³/mol.